The van der Waals surface area contributed by atoms with Crippen molar-refractivity contribution in [3.63, 3.8) is 0 Å². The molecule has 0 aromatic heterocycles. The van der Waals surface area contributed by atoms with Crippen LogP contribution in [0.25, 0.3) is 0 Å². The van der Waals surface area contributed by atoms with Crippen LogP contribution in [0.5, 0.6) is 0 Å². The second-order valence-corrected chi connectivity index (χ2v) is 4.81. The first-order chi connectivity index (χ1) is 6.70. The molecule has 0 bridgehead atoms. The molecule has 0 radical (unpaired) electrons. The van der Waals surface area contributed by atoms with Crippen LogP contribution in [-0.2, 0) is 18.0 Å². The fraction of sp³-hybridized carbons (Fsp3) is 0.889. The molecule has 2 N–H and O–H groups in total. The van der Waals surface area contributed by atoms with Gasteiger partial charge >= 0.3 is 27.8 Å². The van der Waals surface area contributed by atoms with E-state index in [0.29, 0.717) is 4.32 Å². The van der Waals surface area contributed by atoms with Gasteiger partial charge in [0.15, 0.2) is 0 Å². The molecule has 5 heteroatoms. The molecule has 0 rings (SSSR count). The summed E-state index contributed by atoms with van der Waals surface area (Å²) in [6.07, 6.45) is 5.18. The fourth-order valence-electron chi connectivity index (χ4n) is 1.10. The monoisotopic (exact) mass is 335 g/mol. The first-order valence-electron chi connectivity index (χ1n) is 4.79. The third-order valence-corrected chi connectivity index (χ3v) is 3.28. The van der Waals surface area contributed by atoms with Gasteiger partial charge in [-0.1, -0.05) is 57.1 Å². The van der Waals surface area contributed by atoms with E-state index in [1.54, 1.807) is 11.8 Å². The van der Waals surface area contributed by atoms with E-state index in [1.807, 2.05) is 0 Å². The Morgan fingerprint density at radius 2 is 2.00 bits per heavy atom. The van der Waals surface area contributed by atoms with E-state index < -0.39 is 0 Å². The third kappa shape index (κ3) is 13.1. The van der Waals surface area contributed by atoms with Crippen LogP contribution in [0.4, 0.5) is 0 Å². The zero-order valence-electron chi connectivity index (χ0n) is 8.82. The average molecular weight is 333 g/mol. The van der Waals surface area contributed by atoms with Gasteiger partial charge in [-0.25, -0.2) is 0 Å². The summed E-state index contributed by atoms with van der Waals surface area (Å²) in [4.78, 5) is 0. The number of unbranched alkanes of at least 4 members (excludes halogenated alkanes) is 1. The Balaban J connectivity index is 0. The zero-order chi connectivity index (χ0) is 11.4. The van der Waals surface area contributed by atoms with Crippen LogP contribution in [0.2, 0.25) is 0 Å². The van der Waals surface area contributed by atoms with Crippen molar-refractivity contribution in [2.24, 2.45) is 11.7 Å². The van der Waals surface area contributed by atoms with Gasteiger partial charge in [-0.3, -0.25) is 0 Å². The molecule has 0 aliphatic heterocycles. The fourth-order valence-corrected chi connectivity index (χ4v) is 2.10. The second kappa shape index (κ2) is 14.1. The zero-order valence-corrected chi connectivity index (χ0v) is 13.3. The number of nitrogens with two attached hydrogens (primary N) is 1. The molecule has 0 aliphatic carbocycles. The molecule has 1 atom stereocenters. The first kappa shape index (κ1) is 17.5. The summed E-state index contributed by atoms with van der Waals surface area (Å²) in [5.41, 5.74) is 5.42. The summed E-state index contributed by atoms with van der Waals surface area (Å²) >= 11 is 7.97. The maximum absolute atomic E-state index is 5.42. The summed E-state index contributed by atoms with van der Waals surface area (Å²) in [7, 11) is 4.09. The summed E-state index contributed by atoms with van der Waals surface area (Å²) in [5.74, 6) is 1.91. The molecular formula is C9H19MoNS3. The van der Waals surface area contributed by atoms with Gasteiger partial charge < -0.3 is 5.73 Å². The molecule has 0 saturated carbocycles. The average Bonchev–Trinajstić information content (AvgIpc) is 2.21. The molecule has 1 nitrogen and oxygen atoms in total. The van der Waals surface area contributed by atoms with Crippen LogP contribution < -0.4 is 5.73 Å². The van der Waals surface area contributed by atoms with Crippen molar-refractivity contribution in [2.75, 3.05) is 5.75 Å². The van der Waals surface area contributed by atoms with E-state index in [0.717, 1.165) is 11.7 Å². The Kier molecular flexibility index (Phi) is 17.7. The van der Waals surface area contributed by atoms with Crippen molar-refractivity contribution >= 4 is 38.1 Å². The first-order valence-corrected chi connectivity index (χ1v) is 8.98. The normalized spacial score (nSPS) is 11.3. The van der Waals surface area contributed by atoms with Gasteiger partial charge in [-0.15, -0.1) is 0 Å². The van der Waals surface area contributed by atoms with Crippen molar-refractivity contribution in [2.45, 2.75) is 39.5 Å². The molecule has 0 spiro atoms. The van der Waals surface area contributed by atoms with Gasteiger partial charge in [0.1, 0.15) is 4.32 Å². The quantitative estimate of drug-likeness (QED) is 0.590. The van der Waals surface area contributed by atoms with E-state index in [4.69, 9.17) is 18.0 Å². The van der Waals surface area contributed by atoms with Gasteiger partial charge in [0.2, 0.25) is 0 Å². The molecule has 0 saturated heterocycles. The number of thioether (sulfide) groups is 1. The molecule has 1 unspecified atom stereocenters. The Bertz CT molecular complexity index is 144. The SMILES string of the molecule is CCCCC(CC)CSC(N)=S.[S]=[Mo]. The summed E-state index contributed by atoms with van der Waals surface area (Å²) in [6.45, 7) is 4.47. The number of thiocarbonyl (C=S) groups is 1. The summed E-state index contributed by atoms with van der Waals surface area (Å²) in [5, 5.41) is 0. The van der Waals surface area contributed by atoms with Gasteiger partial charge in [-0.05, 0) is 12.3 Å². The van der Waals surface area contributed by atoms with Gasteiger partial charge in [0.25, 0.3) is 0 Å². The number of rotatable bonds is 6. The molecule has 84 valence electrons. The van der Waals surface area contributed by atoms with Gasteiger partial charge in [-0.2, -0.15) is 0 Å². The van der Waals surface area contributed by atoms with Crippen LogP contribution in [0.15, 0.2) is 0 Å². The Hall–Kier alpha value is 1.15. The maximum atomic E-state index is 5.42. The van der Waals surface area contributed by atoms with E-state index >= 15 is 0 Å². The predicted molar refractivity (Wildman–Crippen MR) is 70.1 cm³/mol. The topological polar surface area (TPSA) is 26.0 Å². The minimum atomic E-state index is 0.588. The molecule has 0 heterocycles. The van der Waals surface area contributed by atoms with E-state index in [2.05, 4.69) is 23.7 Å². The van der Waals surface area contributed by atoms with Crippen LogP contribution in [0, 0.1) is 5.92 Å². The van der Waals surface area contributed by atoms with Crippen molar-refractivity contribution < 1.29 is 18.0 Å². The van der Waals surface area contributed by atoms with Crippen molar-refractivity contribution in [3.05, 3.63) is 0 Å². The van der Waals surface area contributed by atoms with E-state index in [-0.39, 0.29) is 0 Å². The molecular weight excluding hydrogens is 314 g/mol. The van der Waals surface area contributed by atoms with E-state index in [9.17, 15) is 0 Å². The number of hydrogen-bond acceptors (Lipinski definition) is 3. The molecule has 0 fully saturated rings. The summed E-state index contributed by atoms with van der Waals surface area (Å²) < 4.78 is 0.588. The third-order valence-electron chi connectivity index (χ3n) is 2.00. The standard InChI is InChI=1S/C9H19NS2.Mo.S/c1-3-5-6-8(4-2)7-12-9(10)11;;/h8H,3-7H2,1-2H3,(H2,10,11);;. The minimum absolute atomic E-state index is 0.588. The molecule has 0 aromatic rings. The summed E-state index contributed by atoms with van der Waals surface area (Å²) in [6, 6.07) is 0. The second-order valence-electron chi connectivity index (χ2n) is 3.05. The molecule has 14 heavy (non-hydrogen) atoms. The number of hydrogen-bond donors (Lipinski definition) is 1. The van der Waals surface area contributed by atoms with Crippen molar-refractivity contribution in [3.8, 4) is 0 Å². The van der Waals surface area contributed by atoms with Crippen molar-refractivity contribution in [1.82, 2.24) is 0 Å². The Morgan fingerprint density at radius 1 is 1.43 bits per heavy atom. The molecule has 0 amide bonds. The van der Waals surface area contributed by atoms with Crippen LogP contribution >= 0.6 is 33.8 Å². The predicted octanol–water partition coefficient (Wildman–Crippen LogP) is 3.83. The van der Waals surface area contributed by atoms with Gasteiger partial charge in [0, 0.05) is 5.75 Å². The Labute approximate surface area is 112 Å². The van der Waals surface area contributed by atoms with E-state index in [1.165, 1.54) is 43.7 Å². The molecule has 0 aliphatic rings. The van der Waals surface area contributed by atoms with Crippen LogP contribution in [0.1, 0.15) is 39.5 Å². The van der Waals surface area contributed by atoms with Crippen molar-refractivity contribution in [1.29, 1.82) is 0 Å². The Morgan fingerprint density at radius 3 is 2.36 bits per heavy atom. The van der Waals surface area contributed by atoms with Crippen LogP contribution in [-0.4, -0.2) is 10.1 Å². The van der Waals surface area contributed by atoms with Crippen LogP contribution in [0.3, 0.4) is 0 Å². The molecule has 0 aromatic carbocycles. The van der Waals surface area contributed by atoms with Gasteiger partial charge in [0.05, 0.1) is 0 Å².